The first-order valence-electron chi connectivity index (χ1n) is 5.84. The van der Waals surface area contributed by atoms with Crippen LogP contribution >= 0.6 is 22.6 Å². The number of aromatic amines is 2. The van der Waals surface area contributed by atoms with Crippen LogP contribution in [-0.2, 0) is 11.0 Å². The van der Waals surface area contributed by atoms with E-state index in [9.17, 15) is 9.59 Å². The molecule has 0 amide bonds. The van der Waals surface area contributed by atoms with Crippen LogP contribution in [-0.4, -0.2) is 19.5 Å². The highest BCUT2D eigenvalue weighted by Gasteiger charge is 2.13. The van der Waals surface area contributed by atoms with Gasteiger partial charge in [-0.3, -0.25) is 14.3 Å². The molecule has 0 aliphatic heterocycles. The molecule has 2 aromatic heterocycles. The summed E-state index contributed by atoms with van der Waals surface area (Å²) in [6.07, 6.45) is 0.969. The van der Waals surface area contributed by atoms with Crippen molar-refractivity contribution in [1.82, 2.24) is 19.5 Å². The van der Waals surface area contributed by atoms with Gasteiger partial charge in [0.15, 0.2) is 5.65 Å². The summed E-state index contributed by atoms with van der Waals surface area (Å²) in [7, 11) is 0. The predicted octanol–water partition coefficient (Wildman–Crippen LogP) is 1.39. The summed E-state index contributed by atoms with van der Waals surface area (Å²) in [6.45, 7) is 4.70. The Morgan fingerprint density at radius 3 is 2.72 bits per heavy atom. The van der Waals surface area contributed by atoms with Gasteiger partial charge in [0.2, 0.25) is 0 Å². The number of rotatable bonds is 4. The summed E-state index contributed by atoms with van der Waals surface area (Å²) in [5.74, 6) is 1.07. The minimum Gasteiger partial charge on any atom is -0.335 e. The van der Waals surface area contributed by atoms with Crippen molar-refractivity contribution in [2.24, 2.45) is 5.92 Å². The Hall–Kier alpha value is -1.12. The van der Waals surface area contributed by atoms with Crippen molar-refractivity contribution in [2.45, 2.75) is 31.2 Å². The Bertz CT molecular complexity index is 670. The quantitative estimate of drug-likeness (QED) is 0.637. The van der Waals surface area contributed by atoms with Gasteiger partial charge in [0, 0.05) is 6.54 Å². The van der Waals surface area contributed by atoms with Gasteiger partial charge < -0.3 is 4.98 Å². The molecule has 18 heavy (non-hydrogen) atoms. The summed E-state index contributed by atoms with van der Waals surface area (Å²) in [5, 5.41) is 0. The smallest absolute Gasteiger partial charge is 0.330 e. The Morgan fingerprint density at radius 2 is 2.11 bits per heavy atom. The second-order valence-corrected chi connectivity index (χ2v) is 5.16. The third-order valence-corrected chi connectivity index (χ3v) is 3.72. The number of aromatic nitrogens is 4. The average Bonchev–Trinajstić information content (AvgIpc) is 2.78. The summed E-state index contributed by atoms with van der Waals surface area (Å²) >= 11 is 2.16. The maximum Gasteiger partial charge on any atom is 0.330 e. The maximum atomic E-state index is 11.9. The van der Waals surface area contributed by atoms with Crippen molar-refractivity contribution in [2.75, 3.05) is 0 Å². The molecule has 1 atom stereocenters. The molecule has 2 rings (SSSR count). The van der Waals surface area contributed by atoms with Crippen LogP contribution in [0.5, 0.6) is 0 Å². The zero-order chi connectivity index (χ0) is 13.3. The lowest BCUT2D eigenvalue weighted by Gasteiger charge is -2.10. The molecule has 6 nitrogen and oxygen atoms in total. The Balaban J connectivity index is 2.67. The average molecular weight is 362 g/mol. The number of H-pyrrole nitrogens is 2. The van der Waals surface area contributed by atoms with Crippen molar-refractivity contribution in [3.8, 4) is 0 Å². The first-order chi connectivity index (χ1) is 8.56. The SMILES string of the molecule is CCC(C)Cn1c(=O)[nH]c(=O)c2[nH]c(CI)nc21. The molecular formula is C11H15IN4O2. The number of hydrogen-bond acceptors (Lipinski definition) is 3. The minimum absolute atomic E-state index is 0.358. The van der Waals surface area contributed by atoms with Crippen molar-refractivity contribution in [3.63, 3.8) is 0 Å². The molecule has 0 aromatic carbocycles. The van der Waals surface area contributed by atoms with E-state index in [0.29, 0.717) is 33.9 Å². The highest BCUT2D eigenvalue weighted by molar-refractivity contribution is 14.1. The Labute approximate surface area is 117 Å². The second-order valence-electron chi connectivity index (χ2n) is 4.40. The van der Waals surface area contributed by atoms with E-state index in [1.54, 1.807) is 0 Å². The molecule has 0 fully saturated rings. The minimum atomic E-state index is -0.404. The van der Waals surface area contributed by atoms with Gasteiger partial charge in [0.1, 0.15) is 11.3 Å². The van der Waals surface area contributed by atoms with E-state index in [1.807, 2.05) is 0 Å². The lowest BCUT2D eigenvalue weighted by molar-refractivity contribution is 0.462. The molecule has 0 spiro atoms. The third-order valence-electron chi connectivity index (χ3n) is 3.00. The molecule has 0 aliphatic carbocycles. The Morgan fingerprint density at radius 1 is 1.39 bits per heavy atom. The topological polar surface area (TPSA) is 83.5 Å². The fourth-order valence-corrected chi connectivity index (χ4v) is 2.12. The van der Waals surface area contributed by atoms with Crippen LogP contribution in [0.2, 0.25) is 0 Å². The van der Waals surface area contributed by atoms with Crippen molar-refractivity contribution >= 4 is 33.8 Å². The molecule has 0 radical (unpaired) electrons. The van der Waals surface area contributed by atoms with Gasteiger partial charge >= 0.3 is 5.69 Å². The fraction of sp³-hybridized carbons (Fsp3) is 0.545. The molecule has 2 aromatic rings. The van der Waals surface area contributed by atoms with Gasteiger partial charge in [-0.1, -0.05) is 42.9 Å². The van der Waals surface area contributed by atoms with Crippen LogP contribution in [0.15, 0.2) is 9.59 Å². The number of hydrogen-bond donors (Lipinski definition) is 2. The van der Waals surface area contributed by atoms with Gasteiger partial charge in [0.25, 0.3) is 5.56 Å². The van der Waals surface area contributed by atoms with Crippen molar-refractivity contribution in [3.05, 3.63) is 26.7 Å². The zero-order valence-electron chi connectivity index (χ0n) is 10.3. The number of fused-ring (bicyclic) bond motifs is 1. The summed E-state index contributed by atoms with van der Waals surface area (Å²) < 4.78 is 2.21. The van der Waals surface area contributed by atoms with Gasteiger partial charge in [-0.05, 0) is 5.92 Å². The number of nitrogens with one attached hydrogen (secondary N) is 2. The van der Waals surface area contributed by atoms with Crippen LogP contribution in [0.4, 0.5) is 0 Å². The van der Waals surface area contributed by atoms with Crippen LogP contribution in [0.3, 0.4) is 0 Å². The van der Waals surface area contributed by atoms with Gasteiger partial charge in [-0.15, -0.1) is 0 Å². The summed E-state index contributed by atoms with van der Waals surface area (Å²) in [5.41, 5.74) is 0.0404. The first-order valence-corrected chi connectivity index (χ1v) is 7.37. The highest BCUT2D eigenvalue weighted by Crippen LogP contribution is 2.10. The highest BCUT2D eigenvalue weighted by atomic mass is 127. The van der Waals surface area contributed by atoms with Gasteiger partial charge in [-0.2, -0.15) is 0 Å². The summed E-state index contributed by atoms with van der Waals surface area (Å²) in [4.78, 5) is 33.1. The molecule has 1 unspecified atom stereocenters. The van der Waals surface area contributed by atoms with Gasteiger partial charge in [-0.25, -0.2) is 9.78 Å². The van der Waals surface area contributed by atoms with Crippen LogP contribution in [0, 0.1) is 5.92 Å². The lowest BCUT2D eigenvalue weighted by atomic mass is 10.1. The number of imidazole rings is 1. The Kier molecular flexibility index (Phi) is 3.88. The van der Waals surface area contributed by atoms with Crippen molar-refractivity contribution < 1.29 is 0 Å². The molecule has 0 saturated carbocycles. The van der Waals surface area contributed by atoms with E-state index < -0.39 is 5.56 Å². The molecule has 2 N–H and O–H groups in total. The lowest BCUT2D eigenvalue weighted by Crippen LogP contribution is -2.31. The molecular weight excluding hydrogens is 347 g/mol. The van der Waals surface area contributed by atoms with E-state index in [1.165, 1.54) is 4.57 Å². The van der Waals surface area contributed by atoms with Crippen molar-refractivity contribution in [1.29, 1.82) is 0 Å². The number of alkyl halides is 1. The number of halogens is 1. The first kappa shape index (κ1) is 13.3. The van der Waals surface area contributed by atoms with Crippen LogP contribution in [0.1, 0.15) is 26.1 Å². The van der Waals surface area contributed by atoms with E-state index >= 15 is 0 Å². The molecule has 0 saturated heterocycles. The second kappa shape index (κ2) is 5.25. The van der Waals surface area contributed by atoms with E-state index in [4.69, 9.17) is 0 Å². The molecule has 7 heteroatoms. The van der Waals surface area contributed by atoms with E-state index in [2.05, 4.69) is 51.4 Å². The largest absolute Gasteiger partial charge is 0.335 e. The van der Waals surface area contributed by atoms with Gasteiger partial charge in [0.05, 0.1) is 4.43 Å². The summed E-state index contributed by atoms with van der Waals surface area (Å²) in [6, 6.07) is 0. The number of nitrogens with zero attached hydrogens (tertiary/aromatic N) is 2. The maximum absolute atomic E-state index is 11.9. The molecule has 2 heterocycles. The fourth-order valence-electron chi connectivity index (χ4n) is 1.76. The van der Waals surface area contributed by atoms with E-state index in [0.717, 1.165) is 6.42 Å². The zero-order valence-corrected chi connectivity index (χ0v) is 12.4. The van der Waals surface area contributed by atoms with Crippen LogP contribution < -0.4 is 11.2 Å². The predicted molar refractivity (Wildman–Crippen MR) is 78.2 cm³/mol. The molecule has 0 bridgehead atoms. The molecule has 0 aliphatic rings. The normalized spacial score (nSPS) is 13.1. The molecule has 98 valence electrons. The van der Waals surface area contributed by atoms with E-state index in [-0.39, 0.29) is 5.69 Å². The monoisotopic (exact) mass is 362 g/mol. The standard InChI is InChI=1S/C11H15IN4O2/c1-3-6(2)5-16-9-8(10(17)15-11(16)18)13-7(4-12)14-9/h6H,3-5H2,1-2H3,(H,13,14)(H,15,17,18). The third kappa shape index (κ3) is 2.36. The van der Waals surface area contributed by atoms with Crippen LogP contribution in [0.25, 0.3) is 11.2 Å².